The van der Waals surface area contributed by atoms with Crippen molar-refractivity contribution in [3.63, 3.8) is 0 Å². The summed E-state index contributed by atoms with van der Waals surface area (Å²) >= 11 is 0. The minimum Gasteiger partial charge on any atom is -0.455 e. The van der Waals surface area contributed by atoms with Crippen LogP contribution in [0.2, 0.25) is 0 Å². The molecule has 0 spiro atoms. The van der Waals surface area contributed by atoms with Crippen molar-refractivity contribution < 1.29 is 4.74 Å². The molecule has 9 nitrogen and oxygen atoms in total. The summed E-state index contributed by atoms with van der Waals surface area (Å²) < 4.78 is 6.47. The molecule has 1 aromatic carbocycles. The van der Waals surface area contributed by atoms with E-state index in [1.54, 1.807) is 12.4 Å². The fraction of sp³-hybridized carbons (Fsp3) is 0.241. The zero-order valence-corrected chi connectivity index (χ0v) is 21.3. The zero-order chi connectivity index (χ0) is 25.9. The van der Waals surface area contributed by atoms with Crippen LogP contribution >= 0.6 is 0 Å². The van der Waals surface area contributed by atoms with Gasteiger partial charge in [-0.25, -0.2) is 9.97 Å². The number of aryl methyl sites for hydroxylation is 4. The number of nitrogens with one attached hydrogen (secondary N) is 2. The third-order valence-electron chi connectivity index (χ3n) is 6.65. The number of benzene rings is 1. The van der Waals surface area contributed by atoms with Gasteiger partial charge in [0.15, 0.2) is 11.6 Å². The Morgan fingerprint density at radius 1 is 0.947 bits per heavy atom. The Hall–Kier alpha value is -4.66. The molecule has 9 heteroatoms. The maximum atomic E-state index is 6.47. The number of pyridine rings is 3. The minimum atomic E-state index is 0.561. The molecule has 0 unspecified atom stereocenters. The summed E-state index contributed by atoms with van der Waals surface area (Å²) in [6.07, 6.45) is 7.45. The summed E-state index contributed by atoms with van der Waals surface area (Å²) in [7, 11) is 0. The van der Waals surface area contributed by atoms with Crippen LogP contribution in [0.25, 0.3) is 11.4 Å². The van der Waals surface area contributed by atoms with E-state index in [1.807, 2.05) is 43.3 Å². The fourth-order valence-electron chi connectivity index (χ4n) is 4.56. The van der Waals surface area contributed by atoms with Crippen molar-refractivity contribution in [1.82, 2.24) is 35.6 Å². The molecule has 0 atom stereocenters. The Balaban J connectivity index is 1.24. The molecular formula is C29H28N8O. The summed E-state index contributed by atoms with van der Waals surface area (Å²) in [4.78, 5) is 14.1. The van der Waals surface area contributed by atoms with E-state index in [0.717, 1.165) is 34.8 Å². The molecule has 190 valence electrons. The van der Waals surface area contributed by atoms with Gasteiger partial charge in [-0.3, -0.25) is 4.98 Å². The molecule has 0 saturated heterocycles. The quantitative estimate of drug-likeness (QED) is 0.256. The van der Waals surface area contributed by atoms with Crippen LogP contribution in [0.15, 0.2) is 67.0 Å². The number of H-pyrrole nitrogens is 1. The Labute approximate surface area is 220 Å². The van der Waals surface area contributed by atoms with Gasteiger partial charge in [-0.1, -0.05) is 23.4 Å². The Bertz CT molecular complexity index is 1560. The lowest BCUT2D eigenvalue weighted by Gasteiger charge is -2.16. The molecule has 1 saturated carbocycles. The van der Waals surface area contributed by atoms with Crippen LogP contribution in [-0.4, -0.2) is 35.6 Å². The molecule has 38 heavy (non-hydrogen) atoms. The van der Waals surface area contributed by atoms with Gasteiger partial charge in [-0.15, -0.1) is 10.2 Å². The second-order valence-electron chi connectivity index (χ2n) is 9.59. The summed E-state index contributed by atoms with van der Waals surface area (Å²) in [5.41, 5.74) is 7.04. The molecule has 0 bridgehead atoms. The number of nitrogens with zero attached hydrogens (tertiary/aromatic N) is 6. The maximum Gasteiger partial charge on any atom is 0.174 e. The van der Waals surface area contributed by atoms with Gasteiger partial charge in [0.1, 0.15) is 17.3 Å². The van der Waals surface area contributed by atoms with Crippen LogP contribution in [0.5, 0.6) is 11.5 Å². The number of hydrogen-bond donors (Lipinski definition) is 2. The molecule has 0 radical (unpaired) electrons. The van der Waals surface area contributed by atoms with Crippen LogP contribution in [0, 0.1) is 13.8 Å². The Morgan fingerprint density at radius 3 is 2.68 bits per heavy atom. The van der Waals surface area contributed by atoms with Crippen molar-refractivity contribution in [1.29, 1.82) is 0 Å². The highest BCUT2D eigenvalue weighted by molar-refractivity contribution is 5.68. The van der Waals surface area contributed by atoms with Gasteiger partial charge in [-0.2, -0.15) is 5.21 Å². The van der Waals surface area contributed by atoms with Crippen LogP contribution in [-0.2, 0) is 12.8 Å². The van der Waals surface area contributed by atoms with Crippen LogP contribution in [0.3, 0.4) is 0 Å². The summed E-state index contributed by atoms with van der Waals surface area (Å²) in [6.45, 7) is 4.12. The molecule has 5 aromatic rings. The molecule has 2 N–H and O–H groups in total. The highest BCUT2D eigenvalue weighted by atomic mass is 16.5. The third-order valence-corrected chi connectivity index (χ3v) is 6.65. The molecule has 1 aliphatic carbocycles. The summed E-state index contributed by atoms with van der Waals surface area (Å²) in [5, 5.41) is 17.6. The minimum absolute atomic E-state index is 0.561. The first-order valence-corrected chi connectivity index (χ1v) is 12.8. The standard InChI is InChI=1S/C29H28N8O/c1-18-5-4-13-31-28(18)29-25(17-24(19(2)32-29)21-9-10-21)38-23-12-14-30-27(16-23)33-22-7-3-6-20(15-22)8-11-26-34-36-37-35-26/h3-7,12-17,21H,8-11H2,1-2H3,(H,30,33)(H,34,35,36,37). The summed E-state index contributed by atoms with van der Waals surface area (Å²) in [5.74, 6) is 3.34. The first kappa shape index (κ1) is 23.7. The number of hydrogen-bond acceptors (Lipinski definition) is 8. The lowest BCUT2D eigenvalue weighted by Crippen LogP contribution is -2.01. The predicted octanol–water partition coefficient (Wildman–Crippen LogP) is 5.87. The largest absolute Gasteiger partial charge is 0.455 e. The highest BCUT2D eigenvalue weighted by Crippen LogP contribution is 2.44. The number of ether oxygens (including phenoxy) is 1. The molecule has 4 aromatic heterocycles. The van der Waals surface area contributed by atoms with E-state index in [-0.39, 0.29) is 0 Å². The van der Waals surface area contributed by atoms with Gasteiger partial charge in [0.25, 0.3) is 0 Å². The Morgan fingerprint density at radius 2 is 1.87 bits per heavy atom. The second-order valence-corrected chi connectivity index (χ2v) is 9.59. The normalized spacial score (nSPS) is 12.9. The zero-order valence-electron chi connectivity index (χ0n) is 21.3. The van der Waals surface area contributed by atoms with Crippen LogP contribution < -0.4 is 10.1 Å². The van der Waals surface area contributed by atoms with E-state index in [1.165, 1.54) is 24.0 Å². The van der Waals surface area contributed by atoms with E-state index in [9.17, 15) is 0 Å². The number of aromatic amines is 1. The molecular weight excluding hydrogens is 476 g/mol. The predicted molar refractivity (Wildman–Crippen MR) is 145 cm³/mol. The monoisotopic (exact) mass is 504 g/mol. The number of anilines is 2. The number of tetrazole rings is 1. The molecule has 6 rings (SSSR count). The van der Waals surface area contributed by atoms with E-state index in [4.69, 9.17) is 9.72 Å². The van der Waals surface area contributed by atoms with E-state index in [0.29, 0.717) is 35.5 Å². The SMILES string of the molecule is Cc1cccnc1-c1nc(C)c(C2CC2)cc1Oc1ccnc(Nc2cccc(CCc3nn[nH]n3)c2)c1. The molecule has 0 amide bonds. The number of rotatable bonds is 9. The van der Waals surface area contributed by atoms with Gasteiger partial charge < -0.3 is 10.1 Å². The Kier molecular flexibility index (Phi) is 6.47. The van der Waals surface area contributed by atoms with Gasteiger partial charge >= 0.3 is 0 Å². The van der Waals surface area contributed by atoms with Gasteiger partial charge in [-0.05, 0) is 86.1 Å². The topological polar surface area (TPSA) is 114 Å². The highest BCUT2D eigenvalue weighted by Gasteiger charge is 2.28. The van der Waals surface area contributed by atoms with Crippen molar-refractivity contribution in [2.75, 3.05) is 5.32 Å². The van der Waals surface area contributed by atoms with E-state index < -0.39 is 0 Å². The molecule has 4 heterocycles. The van der Waals surface area contributed by atoms with Gasteiger partial charge in [0.2, 0.25) is 0 Å². The smallest absolute Gasteiger partial charge is 0.174 e. The van der Waals surface area contributed by atoms with Crippen molar-refractivity contribution in [3.8, 4) is 22.9 Å². The average molecular weight is 505 g/mol. The lowest BCUT2D eigenvalue weighted by atomic mass is 10.1. The van der Waals surface area contributed by atoms with Gasteiger partial charge in [0, 0.05) is 36.3 Å². The van der Waals surface area contributed by atoms with Crippen molar-refractivity contribution >= 4 is 11.5 Å². The number of aromatic nitrogens is 7. The van der Waals surface area contributed by atoms with Crippen molar-refractivity contribution in [3.05, 3.63) is 95.2 Å². The lowest BCUT2D eigenvalue weighted by molar-refractivity contribution is 0.480. The maximum absolute atomic E-state index is 6.47. The van der Waals surface area contributed by atoms with Crippen LogP contribution in [0.4, 0.5) is 11.5 Å². The molecule has 0 aliphatic heterocycles. The van der Waals surface area contributed by atoms with Crippen LogP contribution in [0.1, 0.15) is 47.0 Å². The third kappa shape index (κ3) is 5.36. The van der Waals surface area contributed by atoms with Gasteiger partial charge in [0.05, 0.1) is 5.69 Å². The molecule has 1 aliphatic rings. The average Bonchev–Trinajstić information content (AvgIpc) is 3.63. The first-order valence-electron chi connectivity index (χ1n) is 12.8. The van der Waals surface area contributed by atoms with E-state index >= 15 is 0 Å². The molecule has 1 fully saturated rings. The summed E-state index contributed by atoms with van der Waals surface area (Å²) in [6, 6.07) is 18.1. The van der Waals surface area contributed by atoms with E-state index in [2.05, 4.69) is 61.0 Å². The fourth-order valence-corrected chi connectivity index (χ4v) is 4.56. The van der Waals surface area contributed by atoms with Crippen molar-refractivity contribution in [2.24, 2.45) is 0 Å². The van der Waals surface area contributed by atoms with Crippen molar-refractivity contribution in [2.45, 2.75) is 45.4 Å². The second kappa shape index (κ2) is 10.4. The first-order chi connectivity index (χ1) is 18.6.